The number of rotatable bonds is 3. The zero-order valence-electron chi connectivity index (χ0n) is 17.2. The Kier molecular flexibility index (Phi) is 4.59. The van der Waals surface area contributed by atoms with Crippen LogP contribution in [0.3, 0.4) is 0 Å². The number of fused-ring (bicyclic) bond motifs is 3. The molecule has 0 radical (unpaired) electrons. The van der Waals surface area contributed by atoms with Gasteiger partial charge in [0.25, 0.3) is 0 Å². The Balaban J connectivity index is 1.86. The molecule has 0 aromatic heterocycles. The number of hydrogen-bond donors (Lipinski definition) is 1. The van der Waals surface area contributed by atoms with Crippen molar-refractivity contribution >= 4 is 5.97 Å². The van der Waals surface area contributed by atoms with E-state index < -0.39 is 0 Å². The molecule has 3 heteroatoms. The summed E-state index contributed by atoms with van der Waals surface area (Å²) >= 11 is 0. The van der Waals surface area contributed by atoms with Crippen LogP contribution in [0, 0.1) is 33.5 Å². The molecular weight excluding hydrogens is 312 g/mol. The summed E-state index contributed by atoms with van der Waals surface area (Å²) in [6.45, 7) is 14.1. The molecule has 0 unspecified atom stereocenters. The van der Waals surface area contributed by atoms with Crippen LogP contribution in [0.25, 0.3) is 0 Å². The maximum absolute atomic E-state index is 11.2. The number of aliphatic hydroxyl groups is 1. The Labute approximate surface area is 153 Å². The molecule has 0 spiro atoms. The van der Waals surface area contributed by atoms with Crippen LogP contribution in [0.1, 0.15) is 86.5 Å². The van der Waals surface area contributed by atoms with Crippen LogP contribution in [0.2, 0.25) is 0 Å². The number of aliphatic hydroxyl groups excluding tert-OH is 1. The zero-order valence-corrected chi connectivity index (χ0v) is 17.2. The number of carbonyl (C=O) groups excluding carboxylic acids is 1. The fraction of sp³-hybridized carbons (Fsp3) is 0.955. The second-order valence-corrected chi connectivity index (χ2v) is 10.6. The molecule has 3 nitrogen and oxygen atoms in total. The fourth-order valence-electron chi connectivity index (χ4n) is 7.49. The average Bonchev–Trinajstić information content (AvgIpc) is 2.76. The summed E-state index contributed by atoms with van der Waals surface area (Å²) in [6, 6.07) is 0. The van der Waals surface area contributed by atoms with Gasteiger partial charge in [-0.15, -0.1) is 0 Å². The fourth-order valence-corrected chi connectivity index (χ4v) is 7.49. The highest BCUT2D eigenvalue weighted by atomic mass is 16.5. The summed E-state index contributed by atoms with van der Waals surface area (Å²) in [5.41, 5.74) is 0.915. The summed E-state index contributed by atoms with van der Waals surface area (Å²) in [5.74, 6) is 1.16. The third kappa shape index (κ3) is 2.67. The van der Waals surface area contributed by atoms with Crippen molar-refractivity contribution in [2.45, 2.75) is 92.6 Å². The molecule has 0 aromatic rings. The van der Waals surface area contributed by atoms with E-state index in [1.54, 1.807) is 0 Å². The molecule has 0 aromatic carbocycles. The van der Waals surface area contributed by atoms with Crippen LogP contribution in [0.15, 0.2) is 0 Å². The third-order valence-corrected chi connectivity index (χ3v) is 9.35. The largest absolute Gasteiger partial charge is 0.466 e. The van der Waals surface area contributed by atoms with Crippen LogP contribution in [-0.4, -0.2) is 23.8 Å². The van der Waals surface area contributed by atoms with Crippen LogP contribution >= 0.6 is 0 Å². The lowest BCUT2D eigenvalue weighted by Gasteiger charge is -2.64. The molecule has 0 aliphatic heterocycles. The minimum atomic E-state index is -0.165. The van der Waals surface area contributed by atoms with Gasteiger partial charge in [0.1, 0.15) is 0 Å². The lowest BCUT2D eigenvalue weighted by atomic mass is 9.41. The van der Waals surface area contributed by atoms with E-state index in [0.29, 0.717) is 29.3 Å². The van der Waals surface area contributed by atoms with Crippen molar-refractivity contribution < 1.29 is 14.6 Å². The van der Waals surface area contributed by atoms with Gasteiger partial charge in [-0.2, -0.15) is 0 Å². The van der Waals surface area contributed by atoms with Crippen LogP contribution in [-0.2, 0) is 9.53 Å². The molecule has 6 atom stereocenters. The van der Waals surface area contributed by atoms with Gasteiger partial charge in [0.15, 0.2) is 0 Å². The number of carbonyl (C=O) groups is 1. The molecule has 3 rings (SSSR count). The smallest absolute Gasteiger partial charge is 0.302 e. The first-order valence-electron chi connectivity index (χ1n) is 10.3. The number of esters is 1. The molecule has 3 saturated carbocycles. The first-order valence-corrected chi connectivity index (χ1v) is 10.3. The van der Waals surface area contributed by atoms with E-state index in [-0.39, 0.29) is 22.9 Å². The molecule has 0 amide bonds. The number of ether oxygens (including phenoxy) is 1. The predicted molar refractivity (Wildman–Crippen MR) is 100 cm³/mol. The summed E-state index contributed by atoms with van der Waals surface area (Å²) in [7, 11) is 0. The van der Waals surface area contributed by atoms with E-state index in [9.17, 15) is 9.90 Å². The topological polar surface area (TPSA) is 46.5 Å². The average molecular weight is 351 g/mol. The Morgan fingerprint density at radius 3 is 2.28 bits per heavy atom. The first kappa shape index (κ1) is 19.2. The Morgan fingerprint density at radius 2 is 1.64 bits per heavy atom. The summed E-state index contributed by atoms with van der Waals surface area (Å²) < 4.78 is 5.30. The van der Waals surface area contributed by atoms with Crippen LogP contribution in [0.4, 0.5) is 0 Å². The van der Waals surface area contributed by atoms with E-state index in [1.165, 1.54) is 32.6 Å². The minimum Gasteiger partial charge on any atom is -0.466 e. The number of hydrogen-bond acceptors (Lipinski definition) is 3. The van der Waals surface area contributed by atoms with Crippen molar-refractivity contribution in [3.8, 4) is 0 Å². The van der Waals surface area contributed by atoms with Gasteiger partial charge in [-0.3, -0.25) is 4.79 Å². The first-order chi connectivity index (χ1) is 11.5. The van der Waals surface area contributed by atoms with E-state index >= 15 is 0 Å². The molecule has 0 bridgehead atoms. The molecule has 0 saturated heterocycles. The van der Waals surface area contributed by atoms with Gasteiger partial charge in [-0.1, -0.05) is 34.6 Å². The van der Waals surface area contributed by atoms with Crippen molar-refractivity contribution in [1.82, 2.24) is 0 Å². The quantitative estimate of drug-likeness (QED) is 0.732. The molecule has 25 heavy (non-hydrogen) atoms. The Hall–Kier alpha value is -0.570. The summed E-state index contributed by atoms with van der Waals surface area (Å²) in [6.07, 6.45) is 7.90. The van der Waals surface area contributed by atoms with Gasteiger partial charge in [0, 0.05) is 6.92 Å². The van der Waals surface area contributed by atoms with Gasteiger partial charge in [-0.05, 0) is 78.4 Å². The van der Waals surface area contributed by atoms with Gasteiger partial charge in [-0.25, -0.2) is 0 Å². The lowest BCUT2D eigenvalue weighted by molar-refractivity contribution is -0.178. The van der Waals surface area contributed by atoms with Crippen molar-refractivity contribution in [3.63, 3.8) is 0 Å². The summed E-state index contributed by atoms with van der Waals surface area (Å²) in [4.78, 5) is 11.2. The maximum atomic E-state index is 11.2. The van der Waals surface area contributed by atoms with E-state index in [0.717, 1.165) is 19.3 Å². The van der Waals surface area contributed by atoms with Gasteiger partial charge < -0.3 is 9.84 Å². The van der Waals surface area contributed by atoms with E-state index in [1.807, 2.05) is 0 Å². The van der Waals surface area contributed by atoms with Crippen LogP contribution in [0.5, 0.6) is 0 Å². The molecule has 3 fully saturated rings. The normalized spacial score (nSPS) is 48.5. The highest BCUT2D eigenvalue weighted by molar-refractivity contribution is 5.65. The van der Waals surface area contributed by atoms with Gasteiger partial charge >= 0.3 is 5.97 Å². The molecule has 144 valence electrons. The Morgan fingerprint density at radius 1 is 1.00 bits per heavy atom. The Bertz CT molecular complexity index is 541. The van der Waals surface area contributed by atoms with Gasteiger partial charge in [0.2, 0.25) is 0 Å². The van der Waals surface area contributed by atoms with Crippen molar-refractivity contribution in [2.24, 2.45) is 33.5 Å². The van der Waals surface area contributed by atoms with Crippen molar-refractivity contribution in [2.75, 3.05) is 6.61 Å². The second kappa shape index (κ2) is 5.97. The maximum Gasteiger partial charge on any atom is 0.302 e. The van der Waals surface area contributed by atoms with E-state index in [2.05, 4.69) is 34.6 Å². The van der Waals surface area contributed by atoms with Crippen LogP contribution < -0.4 is 0 Å². The highest BCUT2D eigenvalue weighted by Crippen LogP contribution is 2.73. The second-order valence-electron chi connectivity index (χ2n) is 10.6. The van der Waals surface area contributed by atoms with Crippen molar-refractivity contribution in [3.05, 3.63) is 0 Å². The standard InChI is InChI=1S/C22H38O3/c1-15(23)25-14-13-20(4)10-7-17-21(5)11-9-18(24)19(2,3)16(21)8-12-22(17,20)6/h16-18,24H,7-14H2,1-6H3/t16-,17+,18-,20+,21-,22+/m0/s1. The summed E-state index contributed by atoms with van der Waals surface area (Å²) in [5, 5.41) is 10.6. The molecular formula is C22H38O3. The van der Waals surface area contributed by atoms with Crippen molar-refractivity contribution in [1.29, 1.82) is 0 Å². The molecule has 1 N–H and O–H groups in total. The highest BCUT2D eigenvalue weighted by Gasteiger charge is 2.66. The van der Waals surface area contributed by atoms with E-state index in [4.69, 9.17) is 4.74 Å². The zero-order chi connectivity index (χ0) is 18.7. The molecule has 3 aliphatic carbocycles. The van der Waals surface area contributed by atoms with Gasteiger partial charge in [0.05, 0.1) is 12.7 Å². The molecule has 0 heterocycles. The predicted octanol–water partition coefficient (Wildman–Crippen LogP) is 4.96. The SMILES string of the molecule is CC(=O)OCC[C@@]1(C)CC[C@@H]2[C@@]3(C)CC[C@H](O)C(C)(C)[C@@H]3CC[C@]21C. The lowest BCUT2D eigenvalue weighted by Crippen LogP contribution is -2.59. The monoisotopic (exact) mass is 350 g/mol. The third-order valence-electron chi connectivity index (χ3n) is 9.35. The minimum absolute atomic E-state index is 0.0189. The molecule has 3 aliphatic rings.